The number of carbonyl (C=O) groups excluding carboxylic acids is 2. The van der Waals surface area contributed by atoms with Gasteiger partial charge in [-0.2, -0.15) is 5.10 Å². The lowest BCUT2D eigenvalue weighted by Gasteiger charge is -2.16. The van der Waals surface area contributed by atoms with Gasteiger partial charge < -0.3 is 10.2 Å². The van der Waals surface area contributed by atoms with Crippen LogP contribution in [-0.4, -0.2) is 47.1 Å². The van der Waals surface area contributed by atoms with Gasteiger partial charge in [0.25, 0.3) is 5.91 Å². The van der Waals surface area contributed by atoms with Gasteiger partial charge in [-0.15, -0.1) is 0 Å². The first-order valence-electron chi connectivity index (χ1n) is 8.37. The molecule has 0 spiro atoms. The van der Waals surface area contributed by atoms with Crippen LogP contribution in [0, 0.1) is 0 Å². The summed E-state index contributed by atoms with van der Waals surface area (Å²) in [6, 6.07) is 18.4. The molecular formula is C20H19ClN4O2. The molecular weight excluding hydrogens is 364 g/mol. The Morgan fingerprint density at radius 3 is 2.41 bits per heavy atom. The number of amides is 2. The average molecular weight is 383 g/mol. The molecule has 0 bridgehead atoms. The number of hydrogen-bond acceptors (Lipinski definition) is 3. The highest BCUT2D eigenvalue weighted by molar-refractivity contribution is 6.30. The zero-order chi connectivity index (χ0) is 19.4. The van der Waals surface area contributed by atoms with Crippen molar-refractivity contribution in [1.82, 2.24) is 20.0 Å². The standard InChI is InChI=1S/C20H19ClN4O2/c1-22-19(26)13-24(2)20(27)18-12-17(14-8-10-15(21)11-9-14)23-25(18)16-6-4-3-5-7-16/h3-12H,13H2,1-2H3,(H,22,26). The normalized spacial score (nSPS) is 10.5. The van der Waals surface area contributed by atoms with Crippen molar-refractivity contribution in [2.24, 2.45) is 0 Å². The van der Waals surface area contributed by atoms with E-state index in [2.05, 4.69) is 10.4 Å². The largest absolute Gasteiger partial charge is 0.358 e. The molecule has 1 N–H and O–H groups in total. The lowest BCUT2D eigenvalue weighted by Crippen LogP contribution is -2.37. The van der Waals surface area contributed by atoms with E-state index in [0.717, 1.165) is 11.3 Å². The van der Waals surface area contributed by atoms with Crippen molar-refractivity contribution in [1.29, 1.82) is 0 Å². The molecule has 138 valence electrons. The summed E-state index contributed by atoms with van der Waals surface area (Å²) in [5.74, 6) is -0.537. The third-order valence-electron chi connectivity index (χ3n) is 4.08. The summed E-state index contributed by atoms with van der Waals surface area (Å²) in [5.41, 5.74) is 2.62. The van der Waals surface area contributed by atoms with Crippen molar-refractivity contribution in [3.05, 3.63) is 71.4 Å². The van der Waals surface area contributed by atoms with E-state index in [4.69, 9.17) is 11.6 Å². The number of carbonyl (C=O) groups is 2. The van der Waals surface area contributed by atoms with Crippen LogP contribution in [0.15, 0.2) is 60.7 Å². The first-order valence-corrected chi connectivity index (χ1v) is 8.75. The monoisotopic (exact) mass is 382 g/mol. The maximum atomic E-state index is 13.0. The van der Waals surface area contributed by atoms with Crippen LogP contribution in [0.5, 0.6) is 0 Å². The molecule has 3 rings (SSSR count). The van der Waals surface area contributed by atoms with E-state index in [1.54, 1.807) is 29.9 Å². The molecule has 7 heteroatoms. The number of rotatable bonds is 5. The van der Waals surface area contributed by atoms with Crippen LogP contribution in [0.4, 0.5) is 0 Å². The molecule has 3 aromatic rings. The Kier molecular flexibility index (Phi) is 5.57. The second kappa shape index (κ2) is 8.05. The Labute approximate surface area is 162 Å². The van der Waals surface area contributed by atoms with Gasteiger partial charge in [-0.3, -0.25) is 9.59 Å². The van der Waals surface area contributed by atoms with E-state index in [1.165, 1.54) is 11.9 Å². The number of nitrogens with zero attached hydrogens (tertiary/aromatic N) is 3. The molecule has 2 amide bonds. The number of aromatic nitrogens is 2. The first-order chi connectivity index (χ1) is 13.0. The molecule has 0 unspecified atom stereocenters. The lowest BCUT2D eigenvalue weighted by molar-refractivity contribution is -0.121. The molecule has 27 heavy (non-hydrogen) atoms. The third kappa shape index (κ3) is 4.17. The molecule has 0 radical (unpaired) electrons. The fourth-order valence-electron chi connectivity index (χ4n) is 2.62. The molecule has 2 aromatic carbocycles. The first kappa shape index (κ1) is 18.7. The zero-order valence-electron chi connectivity index (χ0n) is 15.0. The van der Waals surface area contributed by atoms with Crippen LogP contribution in [0.3, 0.4) is 0 Å². The van der Waals surface area contributed by atoms with Crippen LogP contribution in [0.1, 0.15) is 10.5 Å². The molecule has 0 aliphatic rings. The van der Waals surface area contributed by atoms with Crippen molar-refractivity contribution in [3.63, 3.8) is 0 Å². The molecule has 0 aliphatic heterocycles. The second-order valence-corrected chi connectivity index (χ2v) is 6.44. The Morgan fingerprint density at radius 1 is 1.11 bits per heavy atom. The van der Waals surface area contributed by atoms with Crippen LogP contribution in [0.2, 0.25) is 5.02 Å². The SMILES string of the molecule is CNC(=O)CN(C)C(=O)c1cc(-c2ccc(Cl)cc2)nn1-c1ccccc1. The van der Waals surface area contributed by atoms with Crippen molar-refractivity contribution in [3.8, 4) is 16.9 Å². The van der Waals surface area contributed by atoms with Gasteiger partial charge in [0.1, 0.15) is 5.69 Å². The highest BCUT2D eigenvalue weighted by Gasteiger charge is 2.22. The van der Waals surface area contributed by atoms with E-state index in [-0.39, 0.29) is 18.4 Å². The fourth-order valence-corrected chi connectivity index (χ4v) is 2.75. The maximum Gasteiger partial charge on any atom is 0.272 e. The van der Waals surface area contributed by atoms with Crippen molar-refractivity contribution < 1.29 is 9.59 Å². The van der Waals surface area contributed by atoms with Gasteiger partial charge in [-0.25, -0.2) is 4.68 Å². The third-order valence-corrected chi connectivity index (χ3v) is 4.33. The van der Waals surface area contributed by atoms with Crippen molar-refractivity contribution in [2.75, 3.05) is 20.6 Å². The number of hydrogen-bond donors (Lipinski definition) is 1. The number of nitrogens with one attached hydrogen (secondary N) is 1. The molecule has 0 atom stereocenters. The summed E-state index contributed by atoms with van der Waals surface area (Å²) in [5, 5.41) is 7.75. The second-order valence-electron chi connectivity index (χ2n) is 6.00. The molecule has 0 aliphatic carbocycles. The maximum absolute atomic E-state index is 13.0. The van der Waals surface area contributed by atoms with E-state index in [1.807, 2.05) is 42.5 Å². The van der Waals surface area contributed by atoms with Gasteiger partial charge in [0.2, 0.25) is 5.91 Å². The molecule has 0 fully saturated rings. The van der Waals surface area contributed by atoms with Crippen LogP contribution in [-0.2, 0) is 4.79 Å². The number of halogens is 1. The summed E-state index contributed by atoms with van der Waals surface area (Å²) in [7, 11) is 3.12. The fraction of sp³-hybridized carbons (Fsp3) is 0.150. The molecule has 6 nitrogen and oxygen atoms in total. The molecule has 0 saturated heterocycles. The summed E-state index contributed by atoms with van der Waals surface area (Å²) >= 11 is 5.96. The topological polar surface area (TPSA) is 67.2 Å². The van der Waals surface area contributed by atoms with Gasteiger partial charge >= 0.3 is 0 Å². The summed E-state index contributed by atoms with van der Waals surface area (Å²) in [6.07, 6.45) is 0. The molecule has 0 saturated carbocycles. The number of para-hydroxylation sites is 1. The van der Waals surface area contributed by atoms with Gasteiger partial charge in [0.05, 0.1) is 17.9 Å². The van der Waals surface area contributed by atoms with Crippen molar-refractivity contribution >= 4 is 23.4 Å². The summed E-state index contributed by atoms with van der Waals surface area (Å²) < 4.78 is 1.59. The van der Waals surface area contributed by atoms with Gasteiger partial charge in [-0.05, 0) is 30.3 Å². The number of benzene rings is 2. The lowest BCUT2D eigenvalue weighted by atomic mass is 10.1. The summed E-state index contributed by atoms with van der Waals surface area (Å²) in [4.78, 5) is 25.9. The van der Waals surface area contributed by atoms with Crippen LogP contribution >= 0.6 is 11.6 Å². The highest BCUT2D eigenvalue weighted by Crippen LogP contribution is 2.24. The minimum Gasteiger partial charge on any atom is -0.358 e. The van der Waals surface area contributed by atoms with Gasteiger partial charge in [0, 0.05) is 24.7 Å². The van der Waals surface area contributed by atoms with Crippen LogP contribution in [0.25, 0.3) is 16.9 Å². The Hall–Kier alpha value is -3.12. The van der Waals surface area contributed by atoms with Gasteiger partial charge in [0.15, 0.2) is 0 Å². The predicted octanol–water partition coefficient (Wildman–Crippen LogP) is 3.01. The van der Waals surface area contributed by atoms with E-state index in [0.29, 0.717) is 16.4 Å². The smallest absolute Gasteiger partial charge is 0.272 e. The highest BCUT2D eigenvalue weighted by atomic mass is 35.5. The quantitative estimate of drug-likeness (QED) is 0.737. The Bertz CT molecular complexity index is 952. The predicted molar refractivity (Wildman–Crippen MR) is 105 cm³/mol. The number of likely N-dealkylation sites (N-methyl/N-ethyl adjacent to an activating group) is 2. The Morgan fingerprint density at radius 2 is 1.78 bits per heavy atom. The van der Waals surface area contributed by atoms with Crippen molar-refractivity contribution in [2.45, 2.75) is 0 Å². The Balaban J connectivity index is 2.04. The van der Waals surface area contributed by atoms with E-state index >= 15 is 0 Å². The summed E-state index contributed by atoms with van der Waals surface area (Å²) in [6.45, 7) is -0.0361. The molecule has 1 heterocycles. The molecule has 1 aromatic heterocycles. The minimum absolute atomic E-state index is 0.0361. The zero-order valence-corrected chi connectivity index (χ0v) is 15.8. The minimum atomic E-state index is -0.296. The van der Waals surface area contributed by atoms with E-state index in [9.17, 15) is 9.59 Å². The van der Waals surface area contributed by atoms with Crippen LogP contribution < -0.4 is 5.32 Å². The van der Waals surface area contributed by atoms with E-state index < -0.39 is 0 Å². The van der Waals surface area contributed by atoms with Gasteiger partial charge in [-0.1, -0.05) is 41.9 Å². The average Bonchev–Trinajstić information content (AvgIpc) is 3.13.